The Morgan fingerprint density at radius 1 is 0.831 bits per heavy atom. The Bertz CT molecular complexity index is 3200. The minimum Gasteiger partial charge on any atom is -0.492 e. The summed E-state index contributed by atoms with van der Waals surface area (Å²) in [6.45, 7) is 6.80. The highest BCUT2D eigenvalue weighted by atomic mass is 19.1. The molecule has 3 aromatic heterocycles. The van der Waals surface area contributed by atoms with Gasteiger partial charge in [0.2, 0.25) is 23.6 Å². The van der Waals surface area contributed by atoms with Gasteiger partial charge in [-0.1, -0.05) is 0 Å². The van der Waals surface area contributed by atoms with Crippen molar-refractivity contribution in [2.24, 2.45) is 11.3 Å². The number of carbonyl (C=O) groups is 6. The number of nitriles is 1. The van der Waals surface area contributed by atoms with Gasteiger partial charge in [0, 0.05) is 100 Å². The van der Waals surface area contributed by atoms with E-state index in [1.54, 1.807) is 21.8 Å². The smallest absolute Gasteiger partial charge is 0.255 e. The van der Waals surface area contributed by atoms with E-state index >= 15 is 4.39 Å². The molecule has 18 nitrogen and oxygen atoms in total. The van der Waals surface area contributed by atoms with Gasteiger partial charge in [0.1, 0.15) is 40.9 Å². The zero-order chi connectivity index (χ0) is 53.6. The minimum absolute atomic E-state index is 0.0357. The lowest BCUT2D eigenvalue weighted by Gasteiger charge is -2.49. The molecule has 0 radical (unpaired) electrons. The number of nitrogens with zero attached hydrogens (tertiary/aromatic N) is 9. The average Bonchev–Trinajstić information content (AvgIpc) is 4.02. The van der Waals surface area contributed by atoms with Crippen LogP contribution in [0.4, 0.5) is 20.3 Å². The van der Waals surface area contributed by atoms with Crippen molar-refractivity contribution in [2.75, 3.05) is 68.8 Å². The van der Waals surface area contributed by atoms with Crippen LogP contribution in [0.2, 0.25) is 0 Å². The number of benzene rings is 2. The van der Waals surface area contributed by atoms with Crippen molar-refractivity contribution in [2.45, 2.75) is 95.7 Å². The Hall–Kier alpha value is -7.95. The van der Waals surface area contributed by atoms with Crippen LogP contribution in [0.3, 0.4) is 0 Å². The quantitative estimate of drug-likeness (QED) is 0.146. The van der Waals surface area contributed by atoms with Crippen molar-refractivity contribution in [3.8, 4) is 22.9 Å². The summed E-state index contributed by atoms with van der Waals surface area (Å²) in [5.74, 6) is -2.04. The third-order valence-corrected chi connectivity index (χ3v) is 17.2. The first-order valence-corrected chi connectivity index (χ1v) is 26.9. The number of aromatic nitrogens is 3. The van der Waals surface area contributed by atoms with Crippen molar-refractivity contribution >= 4 is 52.5 Å². The van der Waals surface area contributed by atoms with Gasteiger partial charge in [-0.15, -0.1) is 0 Å². The highest BCUT2D eigenvalue weighted by molar-refractivity contribution is 6.05. The van der Waals surface area contributed by atoms with E-state index < -0.39 is 40.6 Å². The van der Waals surface area contributed by atoms with Gasteiger partial charge >= 0.3 is 0 Å². The summed E-state index contributed by atoms with van der Waals surface area (Å²) < 4.78 is 36.8. The number of pyridine rings is 2. The Balaban J connectivity index is 0.688. The van der Waals surface area contributed by atoms with Crippen LogP contribution in [0.1, 0.15) is 109 Å². The van der Waals surface area contributed by atoms with E-state index in [4.69, 9.17) is 9.72 Å². The number of halogens is 2. The number of imide groups is 1. The zero-order valence-electron chi connectivity index (χ0n) is 43.1. The van der Waals surface area contributed by atoms with Crippen molar-refractivity contribution < 1.29 is 42.3 Å². The van der Waals surface area contributed by atoms with Crippen molar-refractivity contribution in [3.63, 3.8) is 0 Å². The summed E-state index contributed by atoms with van der Waals surface area (Å²) in [5, 5.41) is 19.4. The molecule has 1 atom stereocenters. The Morgan fingerprint density at radius 2 is 1.60 bits per heavy atom. The van der Waals surface area contributed by atoms with E-state index in [1.165, 1.54) is 6.20 Å². The fourth-order valence-electron chi connectivity index (χ4n) is 12.7. The lowest BCUT2D eigenvalue weighted by molar-refractivity contribution is -0.142. The SMILES string of the molecule is CCOc1cc(-c2ccc(N3CCC(NC(=O)c4cc(F)ccc4F)(C(=O)N4CCC5(CCC(CC(=O)N6CCN(c7ccc8c(c7)CN(C7CCC(=O)NC7=O)C8=O)CC6)CC5)CC4)CC3)nc2)c2c(C#N)cnn2c1. The van der Waals surface area contributed by atoms with Crippen LogP contribution >= 0.6 is 0 Å². The van der Waals surface area contributed by atoms with E-state index in [0.29, 0.717) is 107 Å². The normalized spacial score (nSPS) is 20.5. The number of anilines is 2. The monoisotopic (exact) mass is 1050 g/mol. The summed E-state index contributed by atoms with van der Waals surface area (Å²) in [7, 11) is 0. The number of ether oxygens (including phenoxy) is 1. The van der Waals surface area contributed by atoms with Crippen LogP contribution < -0.4 is 25.2 Å². The van der Waals surface area contributed by atoms with Crippen molar-refractivity contribution in [3.05, 3.63) is 107 Å². The Morgan fingerprint density at radius 3 is 2.30 bits per heavy atom. The predicted molar refractivity (Wildman–Crippen MR) is 278 cm³/mol. The number of carbonyl (C=O) groups excluding carboxylic acids is 6. The second-order valence-corrected chi connectivity index (χ2v) is 21.6. The number of piperidine rings is 3. The van der Waals surface area contributed by atoms with Crippen LogP contribution in [-0.2, 0) is 25.7 Å². The number of hydrogen-bond acceptors (Lipinski definition) is 12. The first-order valence-electron chi connectivity index (χ1n) is 26.9. The van der Waals surface area contributed by atoms with Crippen LogP contribution in [-0.4, -0.2) is 135 Å². The number of fused-ring (bicyclic) bond motifs is 2. The molecule has 77 heavy (non-hydrogen) atoms. The Kier molecular flexibility index (Phi) is 13.9. The number of hydrogen-bond donors (Lipinski definition) is 2. The number of nitrogens with one attached hydrogen (secondary N) is 2. The molecule has 5 fully saturated rings. The maximum Gasteiger partial charge on any atom is 0.255 e. The first kappa shape index (κ1) is 51.2. The maximum absolute atomic E-state index is 15.0. The average molecular weight is 1050 g/mol. The third kappa shape index (κ3) is 10.0. The molecule has 2 aromatic carbocycles. The fraction of sp³-hybridized carbons (Fsp3) is 0.456. The summed E-state index contributed by atoms with van der Waals surface area (Å²) in [6.07, 6.45) is 11.7. The van der Waals surface area contributed by atoms with Gasteiger partial charge in [-0.2, -0.15) is 10.4 Å². The molecule has 8 heterocycles. The van der Waals surface area contributed by atoms with Gasteiger partial charge in [0.05, 0.1) is 35.6 Å². The van der Waals surface area contributed by atoms with Gasteiger partial charge in [-0.25, -0.2) is 18.3 Å². The number of rotatable bonds is 11. The summed E-state index contributed by atoms with van der Waals surface area (Å²) in [6, 6.07) is 15.6. The highest BCUT2D eigenvalue weighted by Crippen LogP contribution is 2.48. The van der Waals surface area contributed by atoms with Gasteiger partial charge in [-0.3, -0.25) is 34.1 Å². The van der Waals surface area contributed by atoms with Crippen LogP contribution in [0.5, 0.6) is 5.75 Å². The molecule has 20 heteroatoms. The molecule has 1 unspecified atom stereocenters. The largest absolute Gasteiger partial charge is 0.492 e. The molecule has 0 bridgehead atoms. The molecule has 1 spiro atoms. The van der Waals surface area contributed by atoms with Gasteiger partial charge in [0.15, 0.2) is 0 Å². The standard InChI is InChI=1S/C57H61F2N11O7/c1-2-77-42-30-44(51-39(31-60)33-62-70(51)35-42)37-3-9-48(61-32-37)66-21-17-57(18-22-66,64-52(73)45-29-40(58)4-7-46(45)59)55(76)68-19-15-56(16-20-68)13-11-36(12-14-56)27-50(72)67-25-23-65(24-26-67)41-5-6-43-38(28-41)34-69(54(43)75)47-8-10-49(71)63-53(47)74/h3-7,9,28-30,32-33,35-36,47H,2,8,10-27,34H2,1H3,(H,64,73)(H,63,71,74). The lowest BCUT2D eigenvalue weighted by Crippen LogP contribution is -2.65. The van der Waals surface area contributed by atoms with Crippen molar-refractivity contribution in [1.82, 2.24) is 39.9 Å². The fourth-order valence-corrected chi connectivity index (χ4v) is 12.7. The van der Waals surface area contributed by atoms with Gasteiger partial charge < -0.3 is 34.6 Å². The zero-order valence-corrected chi connectivity index (χ0v) is 43.1. The highest BCUT2D eigenvalue weighted by Gasteiger charge is 2.48. The molecule has 4 saturated heterocycles. The molecule has 1 saturated carbocycles. The maximum atomic E-state index is 15.0. The molecular formula is C57H61F2N11O7. The topological polar surface area (TPSA) is 206 Å². The summed E-state index contributed by atoms with van der Waals surface area (Å²) in [5.41, 5.74) is 3.09. The Labute approximate surface area is 444 Å². The molecule has 6 amide bonds. The predicted octanol–water partition coefficient (Wildman–Crippen LogP) is 6.01. The third-order valence-electron chi connectivity index (χ3n) is 17.2. The molecule has 1 aliphatic carbocycles. The second-order valence-electron chi connectivity index (χ2n) is 21.6. The minimum atomic E-state index is -1.38. The van der Waals surface area contributed by atoms with Crippen LogP contribution in [0.25, 0.3) is 16.6 Å². The number of likely N-dealkylation sites (tertiary alicyclic amines) is 1. The van der Waals surface area contributed by atoms with E-state index in [2.05, 4.69) is 26.7 Å². The molecule has 5 aliphatic heterocycles. The molecule has 400 valence electrons. The molecule has 2 N–H and O–H groups in total. The number of amides is 6. The molecule has 6 aliphatic rings. The van der Waals surface area contributed by atoms with Gasteiger partial charge in [0.25, 0.3) is 11.8 Å². The summed E-state index contributed by atoms with van der Waals surface area (Å²) in [4.78, 5) is 94.3. The molecule has 5 aromatic rings. The van der Waals surface area contributed by atoms with Gasteiger partial charge in [-0.05, 0) is 136 Å². The van der Waals surface area contributed by atoms with Crippen LogP contribution in [0, 0.1) is 34.3 Å². The van der Waals surface area contributed by atoms with E-state index in [0.717, 1.165) is 79.1 Å². The number of piperazine rings is 1. The van der Waals surface area contributed by atoms with E-state index in [-0.39, 0.29) is 54.2 Å². The molecular weight excluding hydrogens is 989 g/mol. The van der Waals surface area contributed by atoms with Crippen LogP contribution in [0.15, 0.2) is 73.2 Å². The van der Waals surface area contributed by atoms with E-state index in [9.17, 15) is 38.4 Å². The molecule has 11 rings (SSSR count). The van der Waals surface area contributed by atoms with Crippen molar-refractivity contribution in [1.29, 1.82) is 5.26 Å². The lowest BCUT2D eigenvalue weighted by atomic mass is 9.65. The second kappa shape index (κ2) is 20.9. The first-order chi connectivity index (χ1) is 37.2. The summed E-state index contributed by atoms with van der Waals surface area (Å²) >= 11 is 0. The van der Waals surface area contributed by atoms with E-state index in [1.807, 2.05) is 58.0 Å².